The minimum atomic E-state index is -3.24. The van der Waals surface area contributed by atoms with Crippen LogP contribution in [0.1, 0.15) is 25.3 Å². The van der Waals surface area contributed by atoms with Gasteiger partial charge in [-0.25, -0.2) is 8.42 Å². The minimum Gasteiger partial charge on any atom is -0.212 e. The van der Waals surface area contributed by atoms with Crippen molar-refractivity contribution < 1.29 is 8.42 Å². The first-order valence-electron chi connectivity index (χ1n) is 7.38. The van der Waals surface area contributed by atoms with Crippen LogP contribution in [0.15, 0.2) is 36.4 Å². The van der Waals surface area contributed by atoms with Crippen molar-refractivity contribution in [2.75, 3.05) is 6.54 Å². The van der Waals surface area contributed by atoms with E-state index in [1.165, 1.54) is 0 Å². The van der Waals surface area contributed by atoms with E-state index in [9.17, 15) is 8.42 Å². The second kappa shape index (κ2) is 5.75. The lowest BCUT2D eigenvalue weighted by atomic mass is 9.85. The van der Waals surface area contributed by atoms with Crippen molar-refractivity contribution >= 4 is 21.6 Å². The van der Waals surface area contributed by atoms with E-state index < -0.39 is 10.0 Å². The number of allylic oxidation sites excluding steroid dienone is 1. The first-order chi connectivity index (χ1) is 9.96. The summed E-state index contributed by atoms with van der Waals surface area (Å²) >= 11 is 5.87. The van der Waals surface area contributed by atoms with Gasteiger partial charge in [-0.15, -0.1) is 0 Å². The Kier molecular flexibility index (Phi) is 4.12. The molecule has 0 bridgehead atoms. The quantitative estimate of drug-likeness (QED) is 0.781. The van der Waals surface area contributed by atoms with Gasteiger partial charge in [0.2, 0.25) is 10.0 Å². The van der Waals surface area contributed by atoms with Crippen LogP contribution in [0.3, 0.4) is 0 Å². The highest BCUT2D eigenvalue weighted by Gasteiger charge is 2.42. The fourth-order valence-corrected chi connectivity index (χ4v) is 5.52. The van der Waals surface area contributed by atoms with E-state index in [2.05, 4.69) is 6.92 Å². The van der Waals surface area contributed by atoms with Gasteiger partial charge in [0.25, 0.3) is 0 Å². The predicted octanol–water partition coefficient (Wildman–Crippen LogP) is 3.46. The zero-order valence-corrected chi connectivity index (χ0v) is 13.6. The summed E-state index contributed by atoms with van der Waals surface area (Å²) < 4.78 is 27.2. The van der Waals surface area contributed by atoms with Gasteiger partial charge in [0, 0.05) is 18.1 Å². The maximum absolute atomic E-state index is 12.8. The second-order valence-corrected chi connectivity index (χ2v) is 8.64. The van der Waals surface area contributed by atoms with Gasteiger partial charge in [-0.1, -0.05) is 42.8 Å². The molecule has 0 spiro atoms. The fraction of sp³-hybridized carbons (Fsp3) is 0.500. The van der Waals surface area contributed by atoms with E-state index in [0.717, 1.165) is 18.4 Å². The lowest BCUT2D eigenvalue weighted by Crippen LogP contribution is -2.48. The summed E-state index contributed by atoms with van der Waals surface area (Å²) in [5.74, 6) is 0.765. The van der Waals surface area contributed by atoms with Crippen LogP contribution in [0, 0.1) is 11.8 Å². The van der Waals surface area contributed by atoms with E-state index in [1.807, 2.05) is 24.3 Å². The molecule has 1 aliphatic heterocycles. The average molecular weight is 326 g/mol. The van der Waals surface area contributed by atoms with E-state index in [-0.39, 0.29) is 11.2 Å². The van der Waals surface area contributed by atoms with Crippen LogP contribution in [-0.2, 0) is 16.6 Å². The van der Waals surface area contributed by atoms with E-state index in [0.29, 0.717) is 24.0 Å². The van der Waals surface area contributed by atoms with Gasteiger partial charge in [0.05, 0.1) is 5.25 Å². The SMILES string of the molecule is C[C@@H]1C=C[C@H]2[C@@H](CCN(Cc3ccc(Cl)cc3)S2(=O)=O)C1. The van der Waals surface area contributed by atoms with Crippen LogP contribution in [0.2, 0.25) is 5.02 Å². The summed E-state index contributed by atoms with van der Waals surface area (Å²) in [6.45, 7) is 3.21. The Bertz CT molecular complexity index is 639. The zero-order valence-electron chi connectivity index (χ0n) is 12.1. The number of nitrogens with zero attached hydrogens (tertiary/aromatic N) is 1. The van der Waals surface area contributed by atoms with Crippen LogP contribution in [0.25, 0.3) is 0 Å². The van der Waals surface area contributed by atoms with Gasteiger partial charge in [-0.05, 0) is 42.4 Å². The van der Waals surface area contributed by atoms with Crippen LogP contribution in [-0.4, -0.2) is 24.5 Å². The Morgan fingerprint density at radius 3 is 2.67 bits per heavy atom. The standard InChI is InChI=1S/C16H20ClNO2S/c1-12-2-7-16-14(10-12)8-9-18(21(16,19)20)11-13-3-5-15(17)6-4-13/h2-7,12,14,16H,8-11H2,1H3/t12-,14+,16+/m1/s1. The molecule has 0 radical (unpaired) electrons. The molecule has 1 fully saturated rings. The topological polar surface area (TPSA) is 37.4 Å². The molecule has 2 aliphatic rings. The Labute approximate surface area is 131 Å². The molecule has 1 saturated heterocycles. The number of halogens is 1. The first-order valence-corrected chi connectivity index (χ1v) is 9.26. The number of fused-ring (bicyclic) bond motifs is 1. The predicted molar refractivity (Wildman–Crippen MR) is 85.6 cm³/mol. The van der Waals surface area contributed by atoms with Crippen molar-refractivity contribution in [2.45, 2.75) is 31.6 Å². The molecule has 0 amide bonds. The number of rotatable bonds is 2. The molecule has 5 heteroatoms. The second-order valence-electron chi connectivity index (χ2n) is 6.12. The van der Waals surface area contributed by atoms with E-state index in [1.54, 1.807) is 16.4 Å². The average Bonchev–Trinajstić information content (AvgIpc) is 2.44. The smallest absolute Gasteiger partial charge is 0.212 e. The molecule has 0 saturated carbocycles. The third kappa shape index (κ3) is 3.03. The van der Waals surface area contributed by atoms with Crippen LogP contribution >= 0.6 is 11.6 Å². The molecule has 3 atom stereocenters. The van der Waals surface area contributed by atoms with Gasteiger partial charge in [0.1, 0.15) is 0 Å². The summed E-state index contributed by atoms with van der Waals surface area (Å²) in [6, 6.07) is 7.39. The van der Waals surface area contributed by atoms with Gasteiger partial charge < -0.3 is 0 Å². The highest BCUT2D eigenvalue weighted by Crippen LogP contribution is 2.36. The molecule has 0 aromatic heterocycles. The van der Waals surface area contributed by atoms with Crippen molar-refractivity contribution in [3.8, 4) is 0 Å². The Morgan fingerprint density at radius 2 is 1.95 bits per heavy atom. The molecule has 0 N–H and O–H groups in total. The highest BCUT2D eigenvalue weighted by molar-refractivity contribution is 7.89. The van der Waals surface area contributed by atoms with Crippen molar-refractivity contribution in [1.29, 1.82) is 0 Å². The van der Waals surface area contributed by atoms with E-state index >= 15 is 0 Å². The summed E-state index contributed by atoms with van der Waals surface area (Å²) in [6.07, 6.45) is 5.88. The maximum atomic E-state index is 12.8. The first kappa shape index (κ1) is 15.1. The normalized spacial score (nSPS) is 31.8. The molecular weight excluding hydrogens is 306 g/mol. The molecule has 1 heterocycles. The molecule has 3 nitrogen and oxygen atoms in total. The van der Waals surface area contributed by atoms with Gasteiger partial charge in [0.15, 0.2) is 0 Å². The van der Waals surface area contributed by atoms with Gasteiger partial charge in [-0.2, -0.15) is 4.31 Å². The minimum absolute atomic E-state index is 0.275. The number of hydrogen-bond acceptors (Lipinski definition) is 2. The van der Waals surface area contributed by atoms with E-state index in [4.69, 9.17) is 11.6 Å². The van der Waals surface area contributed by atoms with Crippen molar-refractivity contribution in [2.24, 2.45) is 11.8 Å². The third-order valence-corrected chi connectivity index (χ3v) is 7.01. The summed E-state index contributed by atoms with van der Waals surface area (Å²) in [5.41, 5.74) is 0.981. The van der Waals surface area contributed by atoms with Crippen LogP contribution < -0.4 is 0 Å². The lowest BCUT2D eigenvalue weighted by molar-refractivity contribution is 0.286. The summed E-state index contributed by atoms with van der Waals surface area (Å²) in [7, 11) is -3.24. The molecular formula is C16H20ClNO2S. The zero-order chi connectivity index (χ0) is 15.0. The van der Waals surface area contributed by atoms with Crippen LogP contribution in [0.5, 0.6) is 0 Å². The Morgan fingerprint density at radius 1 is 1.24 bits per heavy atom. The van der Waals surface area contributed by atoms with Crippen molar-refractivity contribution in [3.05, 3.63) is 47.0 Å². The van der Waals surface area contributed by atoms with Crippen molar-refractivity contribution in [1.82, 2.24) is 4.31 Å². The molecule has 1 aromatic carbocycles. The number of hydrogen-bond donors (Lipinski definition) is 0. The van der Waals surface area contributed by atoms with Crippen LogP contribution in [0.4, 0.5) is 0 Å². The third-order valence-electron chi connectivity index (χ3n) is 4.49. The molecule has 1 aromatic rings. The van der Waals surface area contributed by atoms with Gasteiger partial charge in [-0.3, -0.25) is 0 Å². The summed E-state index contributed by atoms with van der Waals surface area (Å²) in [4.78, 5) is 0. The fourth-order valence-electron chi connectivity index (χ4n) is 3.34. The Balaban J connectivity index is 1.81. The maximum Gasteiger partial charge on any atom is 0.221 e. The molecule has 114 valence electrons. The van der Waals surface area contributed by atoms with Gasteiger partial charge >= 0.3 is 0 Å². The Hall–Kier alpha value is -0.840. The lowest BCUT2D eigenvalue weighted by Gasteiger charge is -2.39. The summed E-state index contributed by atoms with van der Waals surface area (Å²) in [5, 5.41) is 0.333. The molecule has 0 unspecified atom stereocenters. The molecule has 1 aliphatic carbocycles. The number of sulfonamides is 1. The largest absolute Gasteiger partial charge is 0.221 e. The monoisotopic (exact) mass is 325 g/mol. The van der Waals surface area contributed by atoms with Crippen molar-refractivity contribution in [3.63, 3.8) is 0 Å². The molecule has 21 heavy (non-hydrogen) atoms. The molecule has 3 rings (SSSR count). The highest BCUT2D eigenvalue weighted by atomic mass is 35.5. The number of benzene rings is 1.